The quantitative estimate of drug-likeness (QED) is 0.836. The number of rotatable bonds is 3. The molecule has 0 spiro atoms. The van der Waals surface area contributed by atoms with Crippen LogP contribution in [0.4, 0.5) is 13.2 Å². The van der Waals surface area contributed by atoms with Gasteiger partial charge < -0.3 is 16.2 Å². The molecule has 0 fully saturated rings. The molecular formula is C10H13F3N2O. The summed E-state index contributed by atoms with van der Waals surface area (Å²) < 4.78 is 42.3. The van der Waals surface area contributed by atoms with Crippen LogP contribution in [0.3, 0.4) is 0 Å². The second-order valence-corrected chi connectivity index (χ2v) is 3.30. The molecule has 0 aliphatic carbocycles. The third kappa shape index (κ3) is 2.65. The molecule has 0 aliphatic rings. The van der Waals surface area contributed by atoms with E-state index < -0.39 is 17.8 Å². The molecule has 0 aromatic heterocycles. The zero-order chi connectivity index (χ0) is 12.3. The number of alkyl halides is 3. The van der Waals surface area contributed by atoms with Crippen molar-refractivity contribution in [3.05, 3.63) is 29.3 Å². The van der Waals surface area contributed by atoms with Gasteiger partial charge in [0.25, 0.3) is 0 Å². The third-order valence-corrected chi connectivity index (χ3v) is 2.21. The molecule has 0 saturated carbocycles. The fraction of sp³-hybridized carbons (Fsp3) is 0.400. The predicted octanol–water partition coefficient (Wildman–Crippen LogP) is 1.67. The standard InChI is InChI=1S/C10H13F3N2O/c1-16-9-3-2-6(10(11,12)13)4-7(9)8(15)5-14/h2-4,8H,5,14-15H2,1H3/t8-/m1/s1. The van der Waals surface area contributed by atoms with Gasteiger partial charge in [-0.05, 0) is 18.2 Å². The molecule has 3 nitrogen and oxygen atoms in total. The van der Waals surface area contributed by atoms with Crippen molar-refractivity contribution in [3.63, 3.8) is 0 Å². The fourth-order valence-corrected chi connectivity index (χ4v) is 1.33. The number of benzene rings is 1. The molecule has 90 valence electrons. The smallest absolute Gasteiger partial charge is 0.416 e. The number of ether oxygens (including phenoxy) is 1. The summed E-state index contributed by atoms with van der Waals surface area (Å²) in [6.45, 7) is 0.0532. The Hall–Kier alpha value is -1.27. The van der Waals surface area contributed by atoms with Crippen LogP contribution in [0.25, 0.3) is 0 Å². The van der Waals surface area contributed by atoms with Gasteiger partial charge in [0, 0.05) is 18.2 Å². The summed E-state index contributed by atoms with van der Waals surface area (Å²) >= 11 is 0. The van der Waals surface area contributed by atoms with Crippen LogP contribution < -0.4 is 16.2 Å². The molecule has 0 unspecified atom stereocenters. The first-order valence-corrected chi connectivity index (χ1v) is 4.61. The highest BCUT2D eigenvalue weighted by Crippen LogP contribution is 2.34. The van der Waals surface area contributed by atoms with Crippen molar-refractivity contribution in [2.24, 2.45) is 11.5 Å². The first kappa shape index (κ1) is 12.8. The molecule has 0 aliphatic heterocycles. The molecule has 1 aromatic carbocycles. The summed E-state index contributed by atoms with van der Waals surface area (Å²) in [6.07, 6.45) is -4.39. The Morgan fingerprint density at radius 2 is 2.00 bits per heavy atom. The second kappa shape index (κ2) is 4.71. The van der Waals surface area contributed by atoms with Crippen LogP contribution >= 0.6 is 0 Å². The van der Waals surface area contributed by atoms with Gasteiger partial charge in [0.1, 0.15) is 5.75 Å². The third-order valence-electron chi connectivity index (χ3n) is 2.21. The first-order chi connectivity index (χ1) is 7.40. The largest absolute Gasteiger partial charge is 0.496 e. The zero-order valence-electron chi connectivity index (χ0n) is 8.71. The first-order valence-electron chi connectivity index (χ1n) is 4.61. The molecular weight excluding hydrogens is 221 g/mol. The Balaban J connectivity index is 3.21. The van der Waals surface area contributed by atoms with Gasteiger partial charge in [-0.25, -0.2) is 0 Å². The maximum atomic E-state index is 12.5. The monoisotopic (exact) mass is 234 g/mol. The SMILES string of the molecule is COc1ccc(C(F)(F)F)cc1[C@H](N)CN. The van der Waals surface area contributed by atoms with E-state index in [9.17, 15) is 13.2 Å². The molecule has 4 N–H and O–H groups in total. The average molecular weight is 234 g/mol. The summed E-state index contributed by atoms with van der Waals surface area (Å²) in [7, 11) is 1.37. The number of hydrogen-bond donors (Lipinski definition) is 2. The highest BCUT2D eigenvalue weighted by molar-refractivity contribution is 5.40. The van der Waals surface area contributed by atoms with Crippen LogP contribution in [-0.4, -0.2) is 13.7 Å². The van der Waals surface area contributed by atoms with Crippen molar-refractivity contribution in [1.29, 1.82) is 0 Å². The van der Waals surface area contributed by atoms with Crippen LogP contribution in [-0.2, 0) is 6.18 Å². The van der Waals surface area contributed by atoms with Gasteiger partial charge in [-0.2, -0.15) is 13.2 Å². The summed E-state index contributed by atoms with van der Waals surface area (Å²) in [5.74, 6) is 0.311. The van der Waals surface area contributed by atoms with E-state index in [-0.39, 0.29) is 12.1 Å². The molecule has 0 bridgehead atoms. The average Bonchev–Trinajstić information content (AvgIpc) is 2.25. The molecule has 0 amide bonds. The minimum atomic E-state index is -4.39. The molecule has 1 rings (SSSR count). The van der Waals surface area contributed by atoms with E-state index in [4.69, 9.17) is 16.2 Å². The number of hydrogen-bond acceptors (Lipinski definition) is 3. The highest BCUT2D eigenvalue weighted by atomic mass is 19.4. The lowest BCUT2D eigenvalue weighted by atomic mass is 10.0. The summed E-state index contributed by atoms with van der Waals surface area (Å²) in [5.41, 5.74) is 10.4. The van der Waals surface area contributed by atoms with Crippen molar-refractivity contribution >= 4 is 0 Å². The number of nitrogens with two attached hydrogens (primary N) is 2. The van der Waals surface area contributed by atoms with E-state index in [1.165, 1.54) is 13.2 Å². The summed E-state index contributed by atoms with van der Waals surface area (Å²) in [4.78, 5) is 0. The molecule has 16 heavy (non-hydrogen) atoms. The lowest BCUT2D eigenvalue weighted by molar-refractivity contribution is -0.137. The van der Waals surface area contributed by atoms with E-state index in [0.717, 1.165) is 12.1 Å². The van der Waals surface area contributed by atoms with Gasteiger partial charge in [0.15, 0.2) is 0 Å². The van der Waals surface area contributed by atoms with E-state index in [0.29, 0.717) is 5.75 Å². The molecule has 6 heteroatoms. The minimum Gasteiger partial charge on any atom is -0.496 e. The van der Waals surface area contributed by atoms with Crippen LogP contribution in [0, 0.1) is 0 Å². The maximum Gasteiger partial charge on any atom is 0.416 e. The predicted molar refractivity (Wildman–Crippen MR) is 54.0 cm³/mol. The topological polar surface area (TPSA) is 61.3 Å². The second-order valence-electron chi connectivity index (χ2n) is 3.30. The van der Waals surface area contributed by atoms with Gasteiger partial charge >= 0.3 is 6.18 Å². The summed E-state index contributed by atoms with van der Waals surface area (Å²) in [6, 6.07) is 2.49. The van der Waals surface area contributed by atoms with Crippen molar-refractivity contribution in [2.45, 2.75) is 12.2 Å². The molecule has 0 heterocycles. The molecule has 1 atom stereocenters. The van der Waals surface area contributed by atoms with Gasteiger partial charge in [0.2, 0.25) is 0 Å². The lowest BCUT2D eigenvalue weighted by Crippen LogP contribution is -2.22. The normalized spacial score (nSPS) is 13.6. The zero-order valence-corrected chi connectivity index (χ0v) is 8.71. The van der Waals surface area contributed by atoms with Gasteiger partial charge in [-0.15, -0.1) is 0 Å². The van der Waals surface area contributed by atoms with Crippen LogP contribution in [0.1, 0.15) is 17.2 Å². The Bertz CT molecular complexity index is 366. The van der Waals surface area contributed by atoms with E-state index in [1.54, 1.807) is 0 Å². The minimum absolute atomic E-state index is 0.0532. The van der Waals surface area contributed by atoms with Crippen molar-refractivity contribution in [3.8, 4) is 5.75 Å². The van der Waals surface area contributed by atoms with Crippen LogP contribution in [0.2, 0.25) is 0 Å². The Morgan fingerprint density at radius 3 is 2.44 bits per heavy atom. The molecule has 0 radical (unpaired) electrons. The maximum absolute atomic E-state index is 12.5. The van der Waals surface area contributed by atoms with Gasteiger partial charge in [0.05, 0.1) is 12.7 Å². The number of halogens is 3. The van der Waals surface area contributed by atoms with E-state index in [2.05, 4.69) is 0 Å². The number of methoxy groups -OCH3 is 1. The summed E-state index contributed by atoms with van der Waals surface area (Å²) in [5, 5.41) is 0. The Labute approximate surface area is 91.2 Å². The van der Waals surface area contributed by atoms with Gasteiger partial charge in [-0.3, -0.25) is 0 Å². The fourth-order valence-electron chi connectivity index (χ4n) is 1.33. The lowest BCUT2D eigenvalue weighted by Gasteiger charge is -2.16. The van der Waals surface area contributed by atoms with Crippen molar-refractivity contribution < 1.29 is 17.9 Å². The van der Waals surface area contributed by atoms with Gasteiger partial charge in [-0.1, -0.05) is 0 Å². The van der Waals surface area contributed by atoms with Crippen LogP contribution in [0.5, 0.6) is 5.75 Å². The van der Waals surface area contributed by atoms with Crippen molar-refractivity contribution in [2.75, 3.05) is 13.7 Å². The Morgan fingerprint density at radius 1 is 1.38 bits per heavy atom. The van der Waals surface area contributed by atoms with Crippen molar-refractivity contribution in [1.82, 2.24) is 0 Å². The van der Waals surface area contributed by atoms with E-state index in [1.807, 2.05) is 0 Å². The van der Waals surface area contributed by atoms with E-state index >= 15 is 0 Å². The van der Waals surface area contributed by atoms with Crippen LogP contribution in [0.15, 0.2) is 18.2 Å². The molecule has 0 saturated heterocycles. The highest BCUT2D eigenvalue weighted by Gasteiger charge is 2.31. The molecule has 1 aromatic rings. The Kier molecular flexibility index (Phi) is 3.77.